The molecule has 0 N–H and O–H groups in total. The number of rotatable bonds is 1. The molecule has 1 heterocycles. The highest BCUT2D eigenvalue weighted by Gasteiger charge is 2.16. The van der Waals surface area contributed by atoms with Gasteiger partial charge < -0.3 is 4.74 Å². The van der Waals surface area contributed by atoms with Crippen LogP contribution in [0.5, 0.6) is 5.75 Å². The fraction of sp³-hybridized carbons (Fsp3) is 0.0667. The molecule has 1 aliphatic heterocycles. The van der Waals surface area contributed by atoms with Crippen LogP contribution in [0.3, 0.4) is 0 Å². The Morgan fingerprint density at radius 3 is 2.65 bits per heavy atom. The lowest BCUT2D eigenvalue weighted by Crippen LogP contribution is -2.08. The van der Waals surface area contributed by atoms with Crippen LogP contribution in [-0.4, -0.2) is 0 Å². The van der Waals surface area contributed by atoms with Gasteiger partial charge in [0.25, 0.3) is 0 Å². The molecule has 1 atom stereocenters. The highest BCUT2D eigenvalue weighted by atomic mass is 79.9. The number of hydrogen-bond donors (Lipinski definition) is 0. The predicted octanol–water partition coefficient (Wildman–Crippen LogP) is 4.60. The number of ether oxygens (including phenoxy) is 1. The van der Waals surface area contributed by atoms with Crippen LogP contribution in [-0.2, 0) is 0 Å². The van der Waals surface area contributed by atoms with Gasteiger partial charge in [-0.25, -0.2) is 0 Å². The molecule has 17 heavy (non-hydrogen) atoms. The van der Waals surface area contributed by atoms with Gasteiger partial charge in [0, 0.05) is 10.0 Å². The molecule has 2 aromatic carbocycles. The van der Waals surface area contributed by atoms with Crippen molar-refractivity contribution >= 4 is 22.0 Å². The minimum atomic E-state index is 0.0120. The van der Waals surface area contributed by atoms with Gasteiger partial charge in [-0.1, -0.05) is 58.4 Å². The Labute approximate surface area is 109 Å². The molecule has 0 aliphatic carbocycles. The second-order valence-corrected chi connectivity index (χ2v) is 4.91. The third-order valence-electron chi connectivity index (χ3n) is 2.81. The van der Waals surface area contributed by atoms with Gasteiger partial charge in [-0.15, -0.1) is 0 Å². The molecule has 84 valence electrons. The molecule has 0 fully saturated rings. The van der Waals surface area contributed by atoms with E-state index in [1.54, 1.807) is 0 Å². The lowest BCUT2D eigenvalue weighted by atomic mass is 10.0. The summed E-state index contributed by atoms with van der Waals surface area (Å²) < 4.78 is 7.02. The predicted molar refractivity (Wildman–Crippen MR) is 73.0 cm³/mol. The van der Waals surface area contributed by atoms with Crippen molar-refractivity contribution in [1.29, 1.82) is 0 Å². The van der Waals surface area contributed by atoms with E-state index in [2.05, 4.69) is 46.3 Å². The molecule has 2 heteroatoms. The van der Waals surface area contributed by atoms with Crippen LogP contribution in [0.15, 0.2) is 59.1 Å². The van der Waals surface area contributed by atoms with Crippen LogP contribution in [0.25, 0.3) is 6.08 Å². The molecular weight excluding hydrogens is 276 g/mol. The first-order valence-electron chi connectivity index (χ1n) is 5.52. The smallest absolute Gasteiger partial charge is 0.142 e. The molecule has 3 rings (SSSR count). The van der Waals surface area contributed by atoms with E-state index >= 15 is 0 Å². The van der Waals surface area contributed by atoms with E-state index in [0.717, 1.165) is 15.8 Å². The average Bonchev–Trinajstić information content (AvgIpc) is 2.39. The minimum Gasteiger partial charge on any atom is -0.481 e. The lowest BCUT2D eigenvalue weighted by molar-refractivity contribution is 0.251. The summed E-state index contributed by atoms with van der Waals surface area (Å²) in [5, 5.41) is 0. The Balaban J connectivity index is 1.95. The maximum atomic E-state index is 5.98. The first-order chi connectivity index (χ1) is 8.33. The zero-order valence-corrected chi connectivity index (χ0v) is 10.7. The van der Waals surface area contributed by atoms with Gasteiger partial charge in [0.1, 0.15) is 11.9 Å². The summed E-state index contributed by atoms with van der Waals surface area (Å²) in [6, 6.07) is 16.3. The third kappa shape index (κ3) is 2.13. The maximum Gasteiger partial charge on any atom is 0.142 e. The summed E-state index contributed by atoms with van der Waals surface area (Å²) >= 11 is 3.46. The fourth-order valence-electron chi connectivity index (χ4n) is 1.94. The van der Waals surface area contributed by atoms with Crippen molar-refractivity contribution < 1.29 is 4.74 Å². The van der Waals surface area contributed by atoms with E-state index in [4.69, 9.17) is 4.74 Å². The van der Waals surface area contributed by atoms with Gasteiger partial charge in [0.05, 0.1) is 0 Å². The van der Waals surface area contributed by atoms with E-state index in [1.165, 1.54) is 5.56 Å². The van der Waals surface area contributed by atoms with Crippen molar-refractivity contribution in [3.05, 3.63) is 70.2 Å². The summed E-state index contributed by atoms with van der Waals surface area (Å²) in [6.45, 7) is 0. The van der Waals surface area contributed by atoms with Gasteiger partial charge in [0.15, 0.2) is 0 Å². The molecule has 2 aromatic rings. The van der Waals surface area contributed by atoms with Gasteiger partial charge in [-0.05, 0) is 23.8 Å². The number of fused-ring (bicyclic) bond motifs is 1. The Kier molecular flexibility index (Phi) is 2.73. The zero-order chi connectivity index (χ0) is 11.7. The first kappa shape index (κ1) is 10.6. The number of halogens is 1. The number of hydrogen-bond acceptors (Lipinski definition) is 1. The third-order valence-corrected chi connectivity index (χ3v) is 3.30. The van der Waals surface area contributed by atoms with Crippen molar-refractivity contribution in [2.45, 2.75) is 6.10 Å². The maximum absolute atomic E-state index is 5.98. The van der Waals surface area contributed by atoms with Crippen molar-refractivity contribution in [3.8, 4) is 5.75 Å². The highest BCUT2D eigenvalue weighted by molar-refractivity contribution is 9.10. The number of benzene rings is 2. The van der Waals surface area contributed by atoms with E-state index in [9.17, 15) is 0 Å². The normalized spacial score (nSPS) is 17.4. The van der Waals surface area contributed by atoms with Gasteiger partial charge in [0.2, 0.25) is 0 Å². The van der Waals surface area contributed by atoms with Crippen LogP contribution in [0.4, 0.5) is 0 Å². The van der Waals surface area contributed by atoms with Crippen LogP contribution >= 0.6 is 15.9 Å². The Hall–Kier alpha value is -1.54. The zero-order valence-electron chi connectivity index (χ0n) is 9.14. The summed E-state index contributed by atoms with van der Waals surface area (Å²) in [7, 11) is 0. The lowest BCUT2D eigenvalue weighted by Gasteiger charge is -2.21. The molecular formula is C15H11BrO. The molecule has 0 saturated carbocycles. The molecule has 0 bridgehead atoms. The quantitative estimate of drug-likeness (QED) is 0.745. The second-order valence-electron chi connectivity index (χ2n) is 3.99. The molecule has 1 nitrogen and oxygen atoms in total. The average molecular weight is 287 g/mol. The Bertz CT molecular complexity index is 560. The van der Waals surface area contributed by atoms with Crippen LogP contribution in [0, 0.1) is 0 Å². The van der Waals surface area contributed by atoms with Crippen molar-refractivity contribution in [1.82, 2.24) is 0 Å². The molecule has 0 saturated heterocycles. The first-order valence-corrected chi connectivity index (χ1v) is 6.31. The van der Waals surface area contributed by atoms with E-state index in [1.807, 2.05) is 30.3 Å². The Morgan fingerprint density at radius 2 is 1.82 bits per heavy atom. The molecule has 0 radical (unpaired) electrons. The van der Waals surface area contributed by atoms with Gasteiger partial charge in [-0.2, -0.15) is 0 Å². The molecule has 0 aromatic heterocycles. The van der Waals surface area contributed by atoms with Crippen LogP contribution in [0.2, 0.25) is 0 Å². The van der Waals surface area contributed by atoms with E-state index in [-0.39, 0.29) is 6.10 Å². The highest BCUT2D eigenvalue weighted by Crippen LogP contribution is 2.34. The van der Waals surface area contributed by atoms with E-state index in [0.29, 0.717) is 0 Å². The van der Waals surface area contributed by atoms with Gasteiger partial charge >= 0.3 is 0 Å². The van der Waals surface area contributed by atoms with Crippen LogP contribution < -0.4 is 4.74 Å². The fourth-order valence-corrected chi connectivity index (χ4v) is 2.28. The Morgan fingerprint density at radius 1 is 1.00 bits per heavy atom. The largest absolute Gasteiger partial charge is 0.481 e. The topological polar surface area (TPSA) is 9.23 Å². The molecule has 1 unspecified atom stereocenters. The van der Waals surface area contributed by atoms with Gasteiger partial charge in [-0.3, -0.25) is 0 Å². The SMILES string of the molecule is Brc1ccc2c(c1)OC(c1ccccc1)C=C2. The molecule has 1 aliphatic rings. The minimum absolute atomic E-state index is 0.0120. The summed E-state index contributed by atoms with van der Waals surface area (Å²) in [5.74, 6) is 0.927. The summed E-state index contributed by atoms with van der Waals surface area (Å²) in [5.41, 5.74) is 2.30. The summed E-state index contributed by atoms with van der Waals surface area (Å²) in [6.07, 6.45) is 4.21. The monoisotopic (exact) mass is 286 g/mol. The molecule has 0 amide bonds. The molecule has 0 spiro atoms. The standard InChI is InChI=1S/C15H11BrO/c16-13-8-6-12-7-9-14(17-15(12)10-13)11-4-2-1-3-5-11/h1-10,14H. The van der Waals surface area contributed by atoms with Crippen molar-refractivity contribution in [2.75, 3.05) is 0 Å². The summed E-state index contributed by atoms with van der Waals surface area (Å²) in [4.78, 5) is 0. The van der Waals surface area contributed by atoms with Crippen molar-refractivity contribution in [3.63, 3.8) is 0 Å². The van der Waals surface area contributed by atoms with Crippen molar-refractivity contribution in [2.24, 2.45) is 0 Å². The second kappa shape index (κ2) is 4.38. The van der Waals surface area contributed by atoms with E-state index < -0.39 is 0 Å². The van der Waals surface area contributed by atoms with Crippen LogP contribution in [0.1, 0.15) is 17.2 Å².